The molecule has 2 rings (SSSR count). The molecule has 0 aromatic heterocycles. The molecule has 0 bridgehead atoms. The lowest BCUT2D eigenvalue weighted by molar-refractivity contribution is -0.168. The number of esters is 2. The fraction of sp³-hybridized carbons (Fsp3) is 0.632. The number of carbonyl (C=O) groups excluding carboxylic acids is 2. The minimum atomic E-state index is -5.00. The summed E-state index contributed by atoms with van der Waals surface area (Å²) in [6.07, 6.45) is 14.9. The van der Waals surface area contributed by atoms with Crippen LogP contribution in [0.15, 0.2) is 48.5 Å². The second-order valence-electron chi connectivity index (χ2n) is 12.5. The summed E-state index contributed by atoms with van der Waals surface area (Å²) >= 11 is 0. The molecule has 0 aliphatic rings. The number of unbranched alkanes of at least 4 members (excludes halogenated alkanes) is 12. The van der Waals surface area contributed by atoms with E-state index in [-0.39, 0.29) is 0 Å². The molecule has 0 fully saturated rings. The zero-order chi connectivity index (χ0) is 35.2. The number of hydrogen-bond acceptors (Lipinski definition) is 8. The Morgan fingerprint density at radius 3 is 1.46 bits per heavy atom. The number of rotatable bonds is 26. The molecule has 0 spiro atoms. The van der Waals surface area contributed by atoms with Crippen LogP contribution in [0.5, 0.6) is 11.5 Å². The lowest BCUT2D eigenvalue weighted by Gasteiger charge is -2.21. The molecule has 0 aliphatic heterocycles. The topological polar surface area (TPSA) is 125 Å². The van der Waals surface area contributed by atoms with Crippen molar-refractivity contribution in [1.29, 1.82) is 0 Å². The van der Waals surface area contributed by atoms with E-state index in [2.05, 4.69) is 13.8 Å². The summed E-state index contributed by atoms with van der Waals surface area (Å²) in [4.78, 5) is 25.6. The van der Waals surface area contributed by atoms with Crippen LogP contribution in [-0.4, -0.2) is 42.7 Å². The molecule has 0 amide bonds. The van der Waals surface area contributed by atoms with Crippen molar-refractivity contribution in [3.8, 4) is 11.5 Å². The maximum atomic E-state index is 12.9. The van der Waals surface area contributed by atoms with Crippen molar-refractivity contribution in [2.24, 2.45) is 0 Å². The van der Waals surface area contributed by atoms with Crippen LogP contribution < -0.4 is 9.47 Å². The highest BCUT2D eigenvalue weighted by Crippen LogP contribution is 2.24. The summed E-state index contributed by atoms with van der Waals surface area (Å²) in [5.41, 5.74) is 1.92. The van der Waals surface area contributed by atoms with Gasteiger partial charge in [-0.3, -0.25) is 14.1 Å². The average molecular weight is 691 g/mol. The van der Waals surface area contributed by atoms with Gasteiger partial charge in [0.05, 0.1) is 6.42 Å². The second kappa shape index (κ2) is 23.3. The van der Waals surface area contributed by atoms with Crippen molar-refractivity contribution in [1.82, 2.24) is 0 Å². The molecule has 0 saturated carbocycles. The molecule has 1 N–H and O–H groups in total. The molecule has 0 radical (unpaired) electrons. The third-order valence-corrected chi connectivity index (χ3v) is 9.26. The first-order valence-electron chi connectivity index (χ1n) is 17.9. The van der Waals surface area contributed by atoms with Gasteiger partial charge in [0.25, 0.3) is 10.1 Å². The molecule has 0 saturated heterocycles. The van der Waals surface area contributed by atoms with Crippen LogP contribution in [0.25, 0.3) is 0 Å². The zero-order valence-corrected chi connectivity index (χ0v) is 30.3. The molecule has 2 aromatic rings. The predicted molar refractivity (Wildman–Crippen MR) is 189 cm³/mol. The molecule has 0 aliphatic carbocycles. The van der Waals surface area contributed by atoms with Crippen LogP contribution in [-0.2, 0) is 42.0 Å². The minimum absolute atomic E-state index is 0.518. The van der Waals surface area contributed by atoms with Crippen LogP contribution in [0.2, 0.25) is 0 Å². The highest BCUT2D eigenvalue weighted by atomic mass is 32.2. The van der Waals surface area contributed by atoms with Gasteiger partial charge >= 0.3 is 11.9 Å². The van der Waals surface area contributed by atoms with Gasteiger partial charge < -0.3 is 18.9 Å². The molecule has 0 heterocycles. The minimum Gasteiger partial charge on any atom is -0.455 e. The Hall–Kier alpha value is -3.11. The van der Waals surface area contributed by atoms with E-state index < -0.39 is 46.3 Å². The number of aryl methyl sites for hydroxylation is 2. The van der Waals surface area contributed by atoms with Gasteiger partial charge in [-0.1, -0.05) is 127 Å². The van der Waals surface area contributed by atoms with E-state index in [1.807, 2.05) is 30.3 Å². The van der Waals surface area contributed by atoms with Crippen molar-refractivity contribution in [3.05, 3.63) is 59.7 Å². The SMILES string of the molecule is CCCCCCCCCc1ccccc1OC(C)OC(=O)CC(C(=O)OC(C)Oc1ccccc1CCCCCCCCC)S(=O)(=O)O. The summed E-state index contributed by atoms with van der Waals surface area (Å²) in [7, 11) is -5.00. The Labute approximate surface area is 288 Å². The first kappa shape index (κ1) is 41.1. The van der Waals surface area contributed by atoms with Crippen LogP contribution in [0, 0.1) is 0 Å². The Balaban J connectivity index is 1.88. The molecule has 3 unspecified atom stereocenters. The van der Waals surface area contributed by atoms with Gasteiger partial charge in [0.2, 0.25) is 12.6 Å². The summed E-state index contributed by atoms with van der Waals surface area (Å²) in [6.45, 7) is 7.35. The fourth-order valence-electron chi connectivity index (χ4n) is 5.54. The maximum Gasteiger partial charge on any atom is 0.330 e. The van der Waals surface area contributed by atoms with Crippen LogP contribution >= 0.6 is 0 Å². The van der Waals surface area contributed by atoms with Crippen LogP contribution in [0.1, 0.15) is 135 Å². The van der Waals surface area contributed by atoms with E-state index in [4.69, 9.17) is 18.9 Å². The van der Waals surface area contributed by atoms with Gasteiger partial charge in [0, 0.05) is 13.8 Å². The predicted octanol–water partition coefficient (Wildman–Crippen LogP) is 9.16. The van der Waals surface area contributed by atoms with E-state index in [1.54, 1.807) is 18.2 Å². The van der Waals surface area contributed by atoms with E-state index in [0.717, 1.165) is 49.7 Å². The van der Waals surface area contributed by atoms with Gasteiger partial charge in [-0.15, -0.1) is 0 Å². The number of hydrogen-bond donors (Lipinski definition) is 1. The highest BCUT2D eigenvalue weighted by Gasteiger charge is 2.37. The van der Waals surface area contributed by atoms with Crippen LogP contribution in [0.3, 0.4) is 0 Å². The molecule has 3 atom stereocenters. The number of ether oxygens (including phenoxy) is 4. The summed E-state index contributed by atoms with van der Waals surface area (Å²) in [5.74, 6) is -1.28. The quantitative estimate of drug-likeness (QED) is 0.0445. The highest BCUT2D eigenvalue weighted by molar-refractivity contribution is 7.87. The lowest BCUT2D eigenvalue weighted by Crippen LogP contribution is -2.38. The zero-order valence-electron chi connectivity index (χ0n) is 29.5. The first-order chi connectivity index (χ1) is 23.0. The third kappa shape index (κ3) is 16.8. The molecule has 270 valence electrons. The van der Waals surface area contributed by atoms with Gasteiger partial charge in [0.1, 0.15) is 11.5 Å². The molecule has 9 nitrogen and oxygen atoms in total. The average Bonchev–Trinajstić information content (AvgIpc) is 3.03. The maximum absolute atomic E-state index is 12.9. The monoisotopic (exact) mass is 690 g/mol. The van der Waals surface area contributed by atoms with E-state index >= 15 is 0 Å². The molecule has 2 aromatic carbocycles. The van der Waals surface area contributed by atoms with Gasteiger partial charge in [-0.05, 0) is 48.9 Å². The van der Waals surface area contributed by atoms with Crippen LogP contribution in [0.4, 0.5) is 0 Å². The standard InChI is InChI=1S/C38H58O9S/c1-5-7-9-11-13-15-17-23-32-25-19-21-27-34(32)44-30(3)46-37(39)29-36(48(41,42)43)38(40)47-31(4)45-35-28-22-20-26-33(35)24-18-16-14-12-10-8-6-2/h19-22,25-28,30-31,36H,5-18,23-24,29H2,1-4H3,(H,41,42,43). The molecule has 10 heteroatoms. The molecular weight excluding hydrogens is 632 g/mol. The van der Waals surface area contributed by atoms with Crippen molar-refractivity contribution < 1.29 is 41.5 Å². The van der Waals surface area contributed by atoms with E-state index in [0.29, 0.717) is 11.5 Å². The first-order valence-corrected chi connectivity index (χ1v) is 19.4. The summed E-state index contributed by atoms with van der Waals surface area (Å²) in [6, 6.07) is 14.9. The molecule has 48 heavy (non-hydrogen) atoms. The van der Waals surface area contributed by atoms with E-state index in [1.165, 1.54) is 78.1 Å². The third-order valence-electron chi connectivity index (χ3n) is 8.18. The van der Waals surface area contributed by atoms with Crippen molar-refractivity contribution in [2.45, 2.75) is 155 Å². The van der Waals surface area contributed by atoms with Gasteiger partial charge in [0.15, 0.2) is 5.25 Å². The fourth-order valence-corrected chi connectivity index (χ4v) is 6.18. The number of carbonyl (C=O) groups is 2. The van der Waals surface area contributed by atoms with E-state index in [9.17, 15) is 22.6 Å². The Morgan fingerprint density at radius 1 is 0.625 bits per heavy atom. The summed E-state index contributed by atoms with van der Waals surface area (Å²) in [5, 5.41) is -2.18. The number of para-hydroxylation sites is 2. The Morgan fingerprint density at radius 2 is 1.02 bits per heavy atom. The summed E-state index contributed by atoms with van der Waals surface area (Å²) < 4.78 is 56.3. The Bertz CT molecular complexity index is 1310. The largest absolute Gasteiger partial charge is 0.455 e. The lowest BCUT2D eigenvalue weighted by atomic mass is 10.0. The number of benzene rings is 2. The van der Waals surface area contributed by atoms with Gasteiger partial charge in [-0.25, -0.2) is 0 Å². The Kier molecular flexibility index (Phi) is 19.9. The molecular formula is C38H58O9S. The smallest absolute Gasteiger partial charge is 0.330 e. The van der Waals surface area contributed by atoms with Crippen molar-refractivity contribution in [2.75, 3.05) is 0 Å². The second-order valence-corrected chi connectivity index (χ2v) is 14.1. The van der Waals surface area contributed by atoms with Crippen molar-refractivity contribution in [3.63, 3.8) is 0 Å². The van der Waals surface area contributed by atoms with Gasteiger partial charge in [-0.2, -0.15) is 8.42 Å². The van der Waals surface area contributed by atoms with Crippen molar-refractivity contribution >= 4 is 22.1 Å². The normalized spacial score (nSPS) is 13.4.